The molecule has 1 aromatic heterocycles. The largest absolute Gasteiger partial charge is 0.269 e. The molecule has 0 aliphatic carbocycles. The van der Waals surface area contributed by atoms with Gasteiger partial charge in [0, 0.05) is 22.7 Å². The van der Waals surface area contributed by atoms with Crippen LogP contribution in [0.3, 0.4) is 0 Å². The predicted octanol–water partition coefficient (Wildman–Crippen LogP) is 5.22. The Morgan fingerprint density at radius 3 is 2.27 bits per heavy atom. The van der Waals surface area contributed by atoms with Crippen LogP contribution in [0, 0.1) is 10.1 Å². The molecular formula is C24H18ClN5O3. The standard InChI is InChI=1S/C24H18ClN5O3/c25-19-10-6-17(7-11-19)21-14-22(16-4-2-1-3-5-16)29-24(26-15-27-29)28(21)23(31)18-8-12-20(13-9-18)30(32)33/h1-13,15,21-22H,14H2. The first kappa shape index (κ1) is 20.8. The number of carbonyl (C=O) groups excluding carboxylic acids is 1. The van der Waals surface area contributed by atoms with Crippen molar-refractivity contribution >= 4 is 29.1 Å². The van der Waals surface area contributed by atoms with E-state index in [1.165, 1.54) is 30.6 Å². The van der Waals surface area contributed by atoms with Crippen molar-refractivity contribution in [1.29, 1.82) is 0 Å². The van der Waals surface area contributed by atoms with E-state index in [0.717, 1.165) is 11.1 Å². The van der Waals surface area contributed by atoms with E-state index in [9.17, 15) is 14.9 Å². The highest BCUT2D eigenvalue weighted by molar-refractivity contribution is 6.30. The number of hydrogen-bond donors (Lipinski definition) is 0. The van der Waals surface area contributed by atoms with Gasteiger partial charge in [0.25, 0.3) is 11.6 Å². The quantitative estimate of drug-likeness (QED) is 0.308. The van der Waals surface area contributed by atoms with E-state index in [0.29, 0.717) is 23.0 Å². The summed E-state index contributed by atoms with van der Waals surface area (Å²) in [6.45, 7) is 0. The lowest BCUT2D eigenvalue weighted by Crippen LogP contribution is -2.42. The van der Waals surface area contributed by atoms with Crippen LogP contribution in [0.5, 0.6) is 0 Å². The number of nitrogens with zero attached hydrogens (tertiary/aromatic N) is 5. The molecule has 0 spiro atoms. The molecule has 33 heavy (non-hydrogen) atoms. The van der Waals surface area contributed by atoms with Gasteiger partial charge in [-0.25, -0.2) is 4.68 Å². The summed E-state index contributed by atoms with van der Waals surface area (Å²) in [5.41, 5.74) is 2.22. The summed E-state index contributed by atoms with van der Waals surface area (Å²) in [4.78, 5) is 30.2. The molecular weight excluding hydrogens is 442 g/mol. The van der Waals surface area contributed by atoms with E-state index in [2.05, 4.69) is 10.1 Å². The van der Waals surface area contributed by atoms with Crippen LogP contribution in [-0.4, -0.2) is 25.6 Å². The fourth-order valence-corrected chi connectivity index (χ4v) is 4.34. The maximum atomic E-state index is 13.7. The highest BCUT2D eigenvalue weighted by Gasteiger charge is 2.39. The molecule has 0 saturated heterocycles. The Kier molecular flexibility index (Phi) is 5.35. The number of fused-ring (bicyclic) bond motifs is 1. The van der Waals surface area contributed by atoms with Crippen LogP contribution in [0.15, 0.2) is 85.2 Å². The van der Waals surface area contributed by atoms with Gasteiger partial charge in [0.1, 0.15) is 6.33 Å². The van der Waals surface area contributed by atoms with Gasteiger partial charge in [0.2, 0.25) is 5.95 Å². The van der Waals surface area contributed by atoms with Gasteiger partial charge in [0.05, 0.1) is 17.0 Å². The minimum absolute atomic E-state index is 0.0771. The normalized spacial score (nSPS) is 17.4. The van der Waals surface area contributed by atoms with E-state index in [4.69, 9.17) is 11.6 Å². The first-order valence-corrected chi connectivity index (χ1v) is 10.7. The molecule has 9 heteroatoms. The summed E-state index contributed by atoms with van der Waals surface area (Å²) < 4.78 is 1.76. The molecule has 0 saturated carbocycles. The molecule has 3 aromatic carbocycles. The molecule has 0 radical (unpaired) electrons. The van der Waals surface area contributed by atoms with Crippen molar-refractivity contribution in [3.8, 4) is 0 Å². The molecule has 2 heterocycles. The minimum Gasteiger partial charge on any atom is -0.269 e. The van der Waals surface area contributed by atoms with Crippen LogP contribution in [0.2, 0.25) is 5.02 Å². The molecule has 5 rings (SSSR count). The predicted molar refractivity (Wildman–Crippen MR) is 123 cm³/mol. The van der Waals surface area contributed by atoms with Crippen molar-refractivity contribution in [3.05, 3.63) is 117 Å². The number of hydrogen-bond acceptors (Lipinski definition) is 5. The van der Waals surface area contributed by atoms with Crippen LogP contribution >= 0.6 is 11.6 Å². The van der Waals surface area contributed by atoms with Crippen LogP contribution < -0.4 is 4.90 Å². The molecule has 1 aliphatic rings. The molecule has 1 aliphatic heterocycles. The average Bonchev–Trinajstić information content (AvgIpc) is 3.33. The molecule has 0 bridgehead atoms. The Hall–Kier alpha value is -4.04. The van der Waals surface area contributed by atoms with Crippen molar-refractivity contribution in [3.63, 3.8) is 0 Å². The Bertz CT molecular complexity index is 1310. The van der Waals surface area contributed by atoms with E-state index < -0.39 is 4.92 Å². The van der Waals surface area contributed by atoms with Crippen molar-refractivity contribution in [2.24, 2.45) is 0 Å². The molecule has 2 unspecified atom stereocenters. The second-order valence-electron chi connectivity index (χ2n) is 7.71. The number of nitro benzene ring substituents is 1. The zero-order valence-electron chi connectivity index (χ0n) is 17.3. The molecule has 8 nitrogen and oxygen atoms in total. The summed E-state index contributed by atoms with van der Waals surface area (Å²) in [5, 5.41) is 16.0. The Morgan fingerprint density at radius 1 is 0.939 bits per heavy atom. The van der Waals surface area contributed by atoms with Crippen molar-refractivity contribution in [1.82, 2.24) is 14.8 Å². The van der Waals surface area contributed by atoms with Gasteiger partial charge in [-0.2, -0.15) is 10.1 Å². The zero-order chi connectivity index (χ0) is 22.9. The molecule has 0 fully saturated rings. The van der Waals surface area contributed by atoms with Gasteiger partial charge in [-0.1, -0.05) is 54.1 Å². The number of anilines is 1. The number of carbonyl (C=O) groups is 1. The highest BCUT2D eigenvalue weighted by Crippen LogP contribution is 2.42. The average molecular weight is 460 g/mol. The number of benzene rings is 3. The van der Waals surface area contributed by atoms with Crippen molar-refractivity contribution < 1.29 is 9.72 Å². The minimum atomic E-state index is -0.493. The third-order valence-electron chi connectivity index (χ3n) is 5.81. The third kappa shape index (κ3) is 3.85. The Morgan fingerprint density at radius 2 is 1.61 bits per heavy atom. The summed E-state index contributed by atoms with van der Waals surface area (Å²) in [6.07, 6.45) is 2.01. The Balaban J connectivity index is 1.62. The maximum absolute atomic E-state index is 13.7. The first-order chi connectivity index (χ1) is 16.0. The van der Waals surface area contributed by atoms with E-state index in [-0.39, 0.29) is 23.7 Å². The first-order valence-electron chi connectivity index (χ1n) is 10.3. The topological polar surface area (TPSA) is 94.2 Å². The van der Waals surface area contributed by atoms with E-state index in [1.54, 1.807) is 21.7 Å². The Labute approximate surface area is 194 Å². The van der Waals surface area contributed by atoms with Crippen LogP contribution in [0.4, 0.5) is 11.6 Å². The maximum Gasteiger partial charge on any atom is 0.269 e. The molecule has 0 N–H and O–H groups in total. The lowest BCUT2D eigenvalue weighted by molar-refractivity contribution is -0.384. The molecule has 164 valence electrons. The molecule has 4 aromatic rings. The van der Waals surface area contributed by atoms with Crippen LogP contribution in [0.1, 0.15) is 40.0 Å². The molecule has 1 amide bonds. The summed E-state index contributed by atoms with van der Waals surface area (Å²) >= 11 is 6.11. The second-order valence-corrected chi connectivity index (χ2v) is 8.15. The summed E-state index contributed by atoms with van der Waals surface area (Å²) in [6, 6.07) is 22.5. The number of aromatic nitrogens is 3. The molecule has 2 atom stereocenters. The van der Waals surface area contributed by atoms with Gasteiger partial charge in [-0.3, -0.25) is 19.8 Å². The van der Waals surface area contributed by atoms with Gasteiger partial charge >= 0.3 is 0 Å². The van der Waals surface area contributed by atoms with E-state index >= 15 is 0 Å². The number of rotatable bonds is 4. The van der Waals surface area contributed by atoms with Crippen LogP contribution in [0.25, 0.3) is 0 Å². The number of halogens is 1. The fourth-order valence-electron chi connectivity index (χ4n) is 4.21. The number of non-ortho nitro benzene ring substituents is 1. The highest BCUT2D eigenvalue weighted by atomic mass is 35.5. The number of nitro groups is 1. The fraction of sp³-hybridized carbons (Fsp3) is 0.125. The van der Waals surface area contributed by atoms with Gasteiger partial charge in [-0.15, -0.1) is 0 Å². The van der Waals surface area contributed by atoms with Crippen LogP contribution in [-0.2, 0) is 0 Å². The number of amides is 1. The smallest absolute Gasteiger partial charge is 0.269 e. The van der Waals surface area contributed by atoms with Crippen molar-refractivity contribution in [2.45, 2.75) is 18.5 Å². The third-order valence-corrected chi connectivity index (χ3v) is 6.06. The monoisotopic (exact) mass is 459 g/mol. The van der Waals surface area contributed by atoms with E-state index in [1.807, 2.05) is 42.5 Å². The lowest BCUT2D eigenvalue weighted by atomic mass is 9.91. The summed E-state index contributed by atoms with van der Waals surface area (Å²) in [5.74, 6) is 0.101. The van der Waals surface area contributed by atoms with Gasteiger partial charge in [0.15, 0.2) is 0 Å². The second kappa shape index (κ2) is 8.48. The zero-order valence-corrected chi connectivity index (χ0v) is 18.0. The summed E-state index contributed by atoms with van der Waals surface area (Å²) in [7, 11) is 0. The lowest BCUT2D eigenvalue weighted by Gasteiger charge is -2.39. The SMILES string of the molecule is O=C(c1ccc([N+](=O)[O-])cc1)N1c2ncnn2C(c2ccccc2)CC1c1ccc(Cl)cc1. The van der Waals surface area contributed by atoms with Crippen molar-refractivity contribution in [2.75, 3.05) is 4.90 Å². The van der Waals surface area contributed by atoms with Gasteiger partial charge in [-0.05, 0) is 41.8 Å². The van der Waals surface area contributed by atoms with Gasteiger partial charge < -0.3 is 0 Å².